The third-order valence-electron chi connectivity index (χ3n) is 6.55. The average Bonchev–Trinajstić information content (AvgIpc) is 2.61. The number of carboxylic acid groups (broad SMARTS) is 1. The van der Waals surface area contributed by atoms with Crippen molar-refractivity contribution < 1.29 is 19.4 Å². The number of alkyl carbamates (subject to hydrolysis) is 1. The SMILES string of the molecule is CC[C@@](NC(=O)OC(C)(C)C)(C(=O)O)C(C1CCCCC1)C1CCCCC1. The normalized spacial score (nSPS) is 22.3. The number of carboxylic acids is 1. The van der Waals surface area contributed by atoms with Gasteiger partial charge in [0.05, 0.1) is 0 Å². The molecule has 0 aromatic heterocycles. The molecule has 2 N–H and O–H groups in total. The van der Waals surface area contributed by atoms with Crippen LogP contribution in [-0.4, -0.2) is 28.3 Å². The highest BCUT2D eigenvalue weighted by Gasteiger charge is 2.52. The fourth-order valence-corrected chi connectivity index (χ4v) is 5.42. The second-order valence-electron chi connectivity index (χ2n) is 9.58. The van der Waals surface area contributed by atoms with Crippen molar-refractivity contribution in [1.82, 2.24) is 5.32 Å². The van der Waals surface area contributed by atoms with Gasteiger partial charge in [-0.2, -0.15) is 0 Å². The third kappa shape index (κ3) is 5.61. The van der Waals surface area contributed by atoms with Crippen LogP contribution >= 0.6 is 0 Å². The molecule has 0 aliphatic heterocycles. The number of carbonyl (C=O) groups is 2. The van der Waals surface area contributed by atoms with Gasteiger partial charge >= 0.3 is 12.1 Å². The molecule has 1 amide bonds. The molecule has 0 unspecified atom stereocenters. The zero-order valence-corrected chi connectivity index (χ0v) is 17.7. The van der Waals surface area contributed by atoms with Crippen LogP contribution in [0.3, 0.4) is 0 Å². The van der Waals surface area contributed by atoms with Crippen molar-refractivity contribution in [1.29, 1.82) is 0 Å². The molecule has 0 spiro atoms. The van der Waals surface area contributed by atoms with Gasteiger partial charge in [-0.1, -0.05) is 71.1 Å². The van der Waals surface area contributed by atoms with Crippen LogP contribution in [0.4, 0.5) is 4.79 Å². The topological polar surface area (TPSA) is 75.6 Å². The molecule has 2 fully saturated rings. The molecule has 0 heterocycles. The van der Waals surface area contributed by atoms with Crippen LogP contribution < -0.4 is 5.32 Å². The summed E-state index contributed by atoms with van der Waals surface area (Å²) in [5.41, 5.74) is -1.89. The molecule has 2 aliphatic carbocycles. The molecule has 1 atom stereocenters. The van der Waals surface area contributed by atoms with Crippen LogP contribution in [-0.2, 0) is 9.53 Å². The standard InChI is InChI=1S/C22H39NO4/c1-5-22(19(24)25,23-20(26)27-21(2,3)4)18(16-12-8-6-9-13-16)17-14-10-7-11-15-17/h16-18H,5-15H2,1-4H3,(H,23,26)(H,24,25)/t22-/m0/s1. The monoisotopic (exact) mass is 381 g/mol. The zero-order valence-electron chi connectivity index (χ0n) is 17.7. The first-order valence-corrected chi connectivity index (χ1v) is 10.9. The summed E-state index contributed by atoms with van der Waals surface area (Å²) in [6, 6.07) is 0. The van der Waals surface area contributed by atoms with Crippen LogP contribution in [0, 0.1) is 17.8 Å². The van der Waals surface area contributed by atoms with Crippen LogP contribution in [0.5, 0.6) is 0 Å². The summed E-state index contributed by atoms with van der Waals surface area (Å²) in [7, 11) is 0. The molecule has 2 saturated carbocycles. The van der Waals surface area contributed by atoms with Crippen molar-refractivity contribution in [2.45, 2.75) is 109 Å². The molecule has 0 saturated heterocycles. The Hall–Kier alpha value is -1.26. The summed E-state index contributed by atoms with van der Waals surface area (Å²) in [5.74, 6) is -0.189. The zero-order chi connectivity index (χ0) is 20.1. The highest BCUT2D eigenvalue weighted by Crippen LogP contribution is 2.46. The predicted octanol–water partition coefficient (Wildman–Crippen LogP) is 5.52. The minimum absolute atomic E-state index is 0.0203. The second-order valence-corrected chi connectivity index (χ2v) is 9.58. The van der Waals surface area contributed by atoms with Gasteiger partial charge in [0.25, 0.3) is 0 Å². The van der Waals surface area contributed by atoms with Gasteiger partial charge in [0.1, 0.15) is 11.1 Å². The van der Waals surface area contributed by atoms with E-state index in [2.05, 4.69) is 5.32 Å². The van der Waals surface area contributed by atoms with Gasteiger partial charge in [-0.05, 0) is 44.9 Å². The quantitative estimate of drug-likeness (QED) is 0.635. The van der Waals surface area contributed by atoms with Gasteiger partial charge in [-0.15, -0.1) is 0 Å². The fourth-order valence-electron chi connectivity index (χ4n) is 5.42. The first kappa shape index (κ1) is 22.0. The molecule has 5 heteroatoms. The highest BCUT2D eigenvalue weighted by molar-refractivity contribution is 5.85. The number of carbonyl (C=O) groups excluding carboxylic acids is 1. The maximum atomic E-state index is 12.6. The average molecular weight is 382 g/mol. The summed E-state index contributed by atoms with van der Waals surface area (Å²) >= 11 is 0. The van der Waals surface area contributed by atoms with Crippen molar-refractivity contribution in [3.63, 3.8) is 0 Å². The lowest BCUT2D eigenvalue weighted by molar-refractivity contribution is -0.151. The van der Waals surface area contributed by atoms with Crippen molar-refractivity contribution in [2.24, 2.45) is 17.8 Å². The number of amides is 1. The Morgan fingerprint density at radius 3 is 1.74 bits per heavy atom. The van der Waals surface area contributed by atoms with Crippen molar-refractivity contribution in [3.05, 3.63) is 0 Å². The first-order valence-electron chi connectivity index (χ1n) is 10.9. The smallest absolute Gasteiger partial charge is 0.408 e. The summed E-state index contributed by atoms with van der Waals surface area (Å²) in [4.78, 5) is 25.2. The molecule has 2 aliphatic rings. The molecule has 5 nitrogen and oxygen atoms in total. The van der Waals surface area contributed by atoms with E-state index in [1.54, 1.807) is 20.8 Å². The van der Waals surface area contributed by atoms with Gasteiger partial charge in [0, 0.05) is 0 Å². The maximum Gasteiger partial charge on any atom is 0.408 e. The minimum Gasteiger partial charge on any atom is -0.479 e. The van der Waals surface area contributed by atoms with E-state index >= 15 is 0 Å². The van der Waals surface area contributed by atoms with Gasteiger partial charge in [-0.25, -0.2) is 9.59 Å². The Morgan fingerprint density at radius 2 is 1.41 bits per heavy atom. The van der Waals surface area contributed by atoms with E-state index in [9.17, 15) is 14.7 Å². The third-order valence-corrected chi connectivity index (χ3v) is 6.55. The molecule has 156 valence electrons. The van der Waals surface area contributed by atoms with E-state index in [1.807, 2.05) is 6.92 Å². The van der Waals surface area contributed by atoms with E-state index in [-0.39, 0.29) is 5.92 Å². The van der Waals surface area contributed by atoms with Crippen molar-refractivity contribution in [2.75, 3.05) is 0 Å². The summed E-state index contributed by atoms with van der Waals surface area (Å²) < 4.78 is 5.46. The minimum atomic E-state index is -1.24. The van der Waals surface area contributed by atoms with Crippen LogP contribution in [0.15, 0.2) is 0 Å². The number of rotatable bonds is 6. The molecule has 0 aromatic rings. The molecular formula is C22H39NO4. The lowest BCUT2D eigenvalue weighted by Gasteiger charge is -2.47. The Bertz CT molecular complexity index is 483. The lowest BCUT2D eigenvalue weighted by atomic mass is 9.61. The number of nitrogens with one attached hydrogen (secondary N) is 1. The lowest BCUT2D eigenvalue weighted by Crippen LogP contribution is -2.63. The number of ether oxygens (including phenoxy) is 1. The van der Waals surface area contributed by atoms with Gasteiger partial charge in [-0.3, -0.25) is 0 Å². The van der Waals surface area contributed by atoms with E-state index < -0.39 is 23.2 Å². The molecule has 2 rings (SSSR count). The number of aliphatic carboxylic acids is 1. The molecule has 0 bridgehead atoms. The van der Waals surface area contributed by atoms with E-state index in [4.69, 9.17) is 4.74 Å². The van der Waals surface area contributed by atoms with Crippen LogP contribution in [0.25, 0.3) is 0 Å². The van der Waals surface area contributed by atoms with Crippen LogP contribution in [0.1, 0.15) is 98.3 Å². The predicted molar refractivity (Wildman–Crippen MR) is 107 cm³/mol. The van der Waals surface area contributed by atoms with Crippen molar-refractivity contribution in [3.8, 4) is 0 Å². The van der Waals surface area contributed by atoms with E-state index in [0.717, 1.165) is 25.7 Å². The largest absolute Gasteiger partial charge is 0.479 e. The molecule has 27 heavy (non-hydrogen) atoms. The Kier molecular flexibility index (Phi) is 7.58. The number of hydrogen-bond donors (Lipinski definition) is 2. The highest BCUT2D eigenvalue weighted by atomic mass is 16.6. The summed E-state index contributed by atoms with van der Waals surface area (Å²) in [6.45, 7) is 7.31. The second kappa shape index (κ2) is 9.29. The Morgan fingerprint density at radius 1 is 0.963 bits per heavy atom. The molecule has 0 aromatic carbocycles. The fraction of sp³-hybridized carbons (Fsp3) is 0.909. The van der Waals surface area contributed by atoms with Gasteiger partial charge < -0.3 is 15.2 Å². The van der Waals surface area contributed by atoms with Crippen LogP contribution in [0.2, 0.25) is 0 Å². The van der Waals surface area contributed by atoms with E-state index in [1.165, 1.54) is 38.5 Å². The summed E-state index contributed by atoms with van der Waals surface area (Å²) in [6.07, 6.45) is 11.2. The van der Waals surface area contributed by atoms with Gasteiger partial charge in [0.15, 0.2) is 0 Å². The maximum absolute atomic E-state index is 12.6. The van der Waals surface area contributed by atoms with Crippen molar-refractivity contribution >= 4 is 12.1 Å². The molecular weight excluding hydrogens is 342 g/mol. The first-order chi connectivity index (χ1) is 12.7. The Labute approximate surface area is 164 Å². The van der Waals surface area contributed by atoms with Gasteiger partial charge in [0.2, 0.25) is 0 Å². The summed E-state index contributed by atoms with van der Waals surface area (Å²) in [5, 5.41) is 13.2. The molecule has 0 radical (unpaired) electrons. The number of hydrogen-bond acceptors (Lipinski definition) is 3. The van der Waals surface area contributed by atoms with E-state index in [0.29, 0.717) is 18.3 Å². The Balaban J connectivity index is 2.36.